The molecule has 1 saturated heterocycles. The van der Waals surface area contributed by atoms with Gasteiger partial charge in [-0.2, -0.15) is 0 Å². The van der Waals surface area contributed by atoms with Crippen molar-refractivity contribution < 1.29 is 14.2 Å². The van der Waals surface area contributed by atoms with E-state index in [-0.39, 0.29) is 0 Å². The molecule has 1 aromatic heterocycles. The van der Waals surface area contributed by atoms with Crippen LogP contribution in [0.15, 0.2) is 66.7 Å². The molecule has 1 aliphatic heterocycles. The Hall–Kier alpha value is -3.06. The number of hydrogen-bond donors (Lipinski definition) is 0. The zero-order valence-electron chi connectivity index (χ0n) is 22.1. The second kappa shape index (κ2) is 13.1. The maximum absolute atomic E-state index is 6.14. The predicted molar refractivity (Wildman–Crippen MR) is 153 cm³/mol. The van der Waals surface area contributed by atoms with E-state index < -0.39 is 0 Å². The number of aromatic nitrogens is 2. The van der Waals surface area contributed by atoms with Gasteiger partial charge in [-0.3, -0.25) is 4.90 Å². The zero-order valence-corrected chi connectivity index (χ0v) is 22.8. The lowest BCUT2D eigenvalue weighted by Crippen LogP contribution is -2.38. The van der Waals surface area contributed by atoms with E-state index in [2.05, 4.69) is 40.7 Å². The highest BCUT2D eigenvalue weighted by Crippen LogP contribution is 2.29. The molecule has 0 aliphatic carbocycles. The third kappa shape index (κ3) is 6.87. The number of halogens is 1. The van der Waals surface area contributed by atoms with Crippen LogP contribution in [0.4, 0.5) is 0 Å². The van der Waals surface area contributed by atoms with E-state index in [4.69, 9.17) is 30.8 Å². The number of fused-ring (bicyclic) bond motifs is 1. The molecule has 0 atom stereocenters. The molecule has 6 nitrogen and oxygen atoms in total. The van der Waals surface area contributed by atoms with Crippen LogP contribution < -0.4 is 9.47 Å². The van der Waals surface area contributed by atoms with E-state index in [0.29, 0.717) is 13.2 Å². The molecule has 5 rings (SSSR count). The van der Waals surface area contributed by atoms with E-state index in [9.17, 15) is 0 Å². The molecule has 0 bridgehead atoms. The lowest BCUT2D eigenvalue weighted by molar-refractivity contribution is 0.0322. The van der Waals surface area contributed by atoms with Crippen molar-refractivity contribution in [2.24, 2.45) is 0 Å². The minimum Gasteiger partial charge on any atom is -0.493 e. The fourth-order valence-electron chi connectivity index (χ4n) is 4.71. The van der Waals surface area contributed by atoms with Crippen LogP contribution in [0, 0.1) is 0 Å². The van der Waals surface area contributed by atoms with Crippen LogP contribution >= 0.6 is 11.6 Å². The van der Waals surface area contributed by atoms with Crippen LogP contribution in [0.25, 0.3) is 22.4 Å². The molecule has 3 aromatic carbocycles. The first-order chi connectivity index (χ1) is 18.7. The molecular formula is C31H36ClN3O3. The lowest BCUT2D eigenvalue weighted by Gasteiger charge is -2.26. The second-order valence-corrected chi connectivity index (χ2v) is 10.1. The monoisotopic (exact) mass is 533 g/mol. The number of benzene rings is 3. The van der Waals surface area contributed by atoms with Crippen molar-refractivity contribution >= 4 is 22.6 Å². The Morgan fingerprint density at radius 1 is 0.868 bits per heavy atom. The van der Waals surface area contributed by atoms with Crippen LogP contribution in [0.2, 0.25) is 5.02 Å². The number of morpholine rings is 1. The summed E-state index contributed by atoms with van der Waals surface area (Å²) >= 11 is 5.98. The van der Waals surface area contributed by atoms with Crippen molar-refractivity contribution in [1.29, 1.82) is 0 Å². The van der Waals surface area contributed by atoms with Gasteiger partial charge in [0, 0.05) is 49.3 Å². The van der Waals surface area contributed by atoms with Gasteiger partial charge in [0.05, 0.1) is 30.9 Å². The molecule has 0 radical (unpaired) electrons. The van der Waals surface area contributed by atoms with Gasteiger partial charge in [0.15, 0.2) is 0 Å². The molecule has 0 amide bonds. The standard InChI is InChI=1S/C31H36ClN3O3/c1-2-3-15-35-30-23-28(38-22-18-34-16-20-36-21-17-34)12-13-29(30)33-31(35)25-6-10-27(11-7-25)37-19-14-24-4-8-26(32)9-5-24/h4-13,23H,2-3,14-22H2,1H3. The van der Waals surface area contributed by atoms with Crippen molar-refractivity contribution in [2.45, 2.75) is 32.7 Å². The maximum Gasteiger partial charge on any atom is 0.141 e. The smallest absolute Gasteiger partial charge is 0.141 e. The van der Waals surface area contributed by atoms with E-state index in [1.165, 1.54) is 5.56 Å². The third-order valence-corrected chi connectivity index (χ3v) is 7.17. The Bertz CT molecular complexity index is 1300. The van der Waals surface area contributed by atoms with Gasteiger partial charge in [0.2, 0.25) is 0 Å². The van der Waals surface area contributed by atoms with E-state index in [1.807, 2.05) is 42.5 Å². The number of rotatable bonds is 12. The van der Waals surface area contributed by atoms with Gasteiger partial charge in [-0.1, -0.05) is 37.1 Å². The summed E-state index contributed by atoms with van der Waals surface area (Å²) in [5, 5.41) is 0.753. The van der Waals surface area contributed by atoms with Gasteiger partial charge in [-0.05, 0) is 60.5 Å². The average molecular weight is 534 g/mol. The van der Waals surface area contributed by atoms with Crippen molar-refractivity contribution in [2.75, 3.05) is 46.1 Å². The van der Waals surface area contributed by atoms with Gasteiger partial charge in [0.25, 0.3) is 0 Å². The topological polar surface area (TPSA) is 48.8 Å². The number of hydrogen-bond acceptors (Lipinski definition) is 5. The number of ether oxygens (including phenoxy) is 3. The Morgan fingerprint density at radius 2 is 1.61 bits per heavy atom. The fourth-order valence-corrected chi connectivity index (χ4v) is 4.84. The van der Waals surface area contributed by atoms with E-state index in [1.54, 1.807) is 0 Å². The molecule has 0 spiro atoms. The first-order valence-corrected chi connectivity index (χ1v) is 14.0. The second-order valence-electron chi connectivity index (χ2n) is 9.64. The lowest BCUT2D eigenvalue weighted by atomic mass is 10.1. The molecule has 1 fully saturated rings. The van der Waals surface area contributed by atoms with Gasteiger partial charge in [0.1, 0.15) is 23.9 Å². The Labute approximate surface area is 230 Å². The summed E-state index contributed by atoms with van der Waals surface area (Å²) in [5.74, 6) is 2.72. The molecule has 7 heteroatoms. The molecule has 0 N–H and O–H groups in total. The van der Waals surface area contributed by atoms with Gasteiger partial charge in [-0.25, -0.2) is 4.98 Å². The van der Waals surface area contributed by atoms with Crippen LogP contribution in [0.5, 0.6) is 11.5 Å². The number of unbranched alkanes of at least 4 members (excludes halogenated alkanes) is 1. The largest absolute Gasteiger partial charge is 0.493 e. The van der Waals surface area contributed by atoms with Crippen molar-refractivity contribution in [3.63, 3.8) is 0 Å². The molecule has 0 unspecified atom stereocenters. The molecule has 1 aliphatic rings. The van der Waals surface area contributed by atoms with Crippen LogP contribution in [-0.4, -0.2) is 60.5 Å². The molecule has 4 aromatic rings. The first-order valence-electron chi connectivity index (χ1n) is 13.6. The highest BCUT2D eigenvalue weighted by atomic mass is 35.5. The molecule has 2 heterocycles. The van der Waals surface area contributed by atoms with E-state index >= 15 is 0 Å². The van der Waals surface area contributed by atoms with Crippen molar-refractivity contribution in [3.05, 3.63) is 77.3 Å². The zero-order chi connectivity index (χ0) is 26.2. The number of aryl methyl sites for hydroxylation is 1. The van der Waals surface area contributed by atoms with Gasteiger partial charge < -0.3 is 18.8 Å². The minimum absolute atomic E-state index is 0.615. The van der Waals surface area contributed by atoms with Crippen LogP contribution in [-0.2, 0) is 17.7 Å². The van der Waals surface area contributed by atoms with Crippen molar-refractivity contribution in [1.82, 2.24) is 14.5 Å². The minimum atomic E-state index is 0.615. The van der Waals surface area contributed by atoms with Gasteiger partial charge in [-0.15, -0.1) is 0 Å². The highest BCUT2D eigenvalue weighted by molar-refractivity contribution is 6.30. The molecule has 38 heavy (non-hydrogen) atoms. The predicted octanol–water partition coefficient (Wildman–Crippen LogP) is 6.49. The average Bonchev–Trinajstić information content (AvgIpc) is 3.31. The first kappa shape index (κ1) is 26.5. The summed E-state index contributed by atoms with van der Waals surface area (Å²) in [5.41, 5.74) is 4.39. The molecule has 0 saturated carbocycles. The fraction of sp³-hybridized carbons (Fsp3) is 0.387. The maximum atomic E-state index is 6.14. The Balaban J connectivity index is 1.26. The summed E-state index contributed by atoms with van der Waals surface area (Å²) in [6.07, 6.45) is 3.05. The number of imidazole rings is 1. The third-order valence-electron chi connectivity index (χ3n) is 6.92. The summed E-state index contributed by atoms with van der Waals surface area (Å²) in [4.78, 5) is 7.39. The summed E-state index contributed by atoms with van der Waals surface area (Å²) in [6, 6.07) is 22.4. The quantitative estimate of drug-likeness (QED) is 0.208. The summed E-state index contributed by atoms with van der Waals surface area (Å²) in [6.45, 7) is 8.89. The molecular weight excluding hydrogens is 498 g/mol. The normalized spacial score (nSPS) is 14.2. The highest BCUT2D eigenvalue weighted by Gasteiger charge is 2.15. The van der Waals surface area contributed by atoms with Crippen molar-refractivity contribution in [3.8, 4) is 22.9 Å². The van der Waals surface area contributed by atoms with Gasteiger partial charge >= 0.3 is 0 Å². The summed E-state index contributed by atoms with van der Waals surface area (Å²) in [7, 11) is 0. The van der Waals surface area contributed by atoms with Crippen LogP contribution in [0.1, 0.15) is 25.3 Å². The summed E-state index contributed by atoms with van der Waals surface area (Å²) < 4.78 is 19.9. The SMILES string of the molecule is CCCCn1c(-c2ccc(OCCc3ccc(Cl)cc3)cc2)nc2ccc(OCCN3CCOCC3)cc21. The molecule has 200 valence electrons. The Kier molecular flexibility index (Phi) is 9.18. The Morgan fingerprint density at radius 3 is 2.37 bits per heavy atom. The van der Waals surface area contributed by atoms with Crippen LogP contribution in [0.3, 0.4) is 0 Å². The number of nitrogens with zero attached hydrogens (tertiary/aromatic N) is 3. The van der Waals surface area contributed by atoms with E-state index in [0.717, 1.165) is 97.6 Å².